The summed E-state index contributed by atoms with van der Waals surface area (Å²) in [6.07, 6.45) is 0.877. The highest BCUT2D eigenvalue weighted by Crippen LogP contribution is 2.38. The maximum atomic E-state index is 12.8. The molecular weight excluding hydrogens is 352 g/mol. The fraction of sp³-hybridized carbons (Fsp3) is 0.316. The first-order valence-corrected chi connectivity index (χ1v) is 9.87. The number of benzene rings is 2. The molecule has 2 aromatic rings. The Balaban J connectivity index is 1.81. The molecule has 3 rings (SSSR count). The molecule has 0 saturated heterocycles. The van der Waals surface area contributed by atoms with Gasteiger partial charge in [0.2, 0.25) is 5.91 Å². The van der Waals surface area contributed by atoms with Crippen LogP contribution in [0.25, 0.3) is 0 Å². The zero-order valence-corrected chi connectivity index (χ0v) is 15.8. The molecule has 26 heavy (non-hydrogen) atoms. The third-order valence-electron chi connectivity index (χ3n) is 4.53. The van der Waals surface area contributed by atoms with Gasteiger partial charge in [0.25, 0.3) is 10.0 Å². The van der Waals surface area contributed by atoms with Crippen LogP contribution in [0, 0.1) is 18.8 Å². The predicted octanol–water partition coefficient (Wildman–Crippen LogP) is 3.40. The second-order valence-electron chi connectivity index (χ2n) is 6.62. The van der Waals surface area contributed by atoms with E-state index < -0.39 is 10.0 Å². The van der Waals surface area contributed by atoms with Gasteiger partial charge >= 0.3 is 0 Å². The van der Waals surface area contributed by atoms with Gasteiger partial charge in [-0.05, 0) is 61.2 Å². The Morgan fingerprint density at radius 3 is 2.31 bits per heavy atom. The SMILES string of the molecule is COc1ccc(NS(=O)(=O)c2cc(NC(=O)C3CC3C)ccc2C)cc1. The maximum Gasteiger partial charge on any atom is 0.262 e. The minimum Gasteiger partial charge on any atom is -0.497 e. The molecular formula is C19H22N2O4S. The molecule has 2 aromatic carbocycles. The normalized spacial score (nSPS) is 18.9. The monoisotopic (exact) mass is 374 g/mol. The maximum absolute atomic E-state index is 12.8. The lowest BCUT2D eigenvalue weighted by atomic mass is 10.2. The molecule has 1 amide bonds. The number of rotatable bonds is 6. The van der Waals surface area contributed by atoms with E-state index in [2.05, 4.69) is 10.0 Å². The average Bonchev–Trinajstić information content (AvgIpc) is 3.34. The highest BCUT2D eigenvalue weighted by Gasteiger charge is 2.39. The number of nitrogens with one attached hydrogen (secondary N) is 2. The highest BCUT2D eigenvalue weighted by atomic mass is 32.2. The lowest BCUT2D eigenvalue weighted by molar-refractivity contribution is -0.117. The van der Waals surface area contributed by atoms with E-state index in [9.17, 15) is 13.2 Å². The fourth-order valence-electron chi connectivity index (χ4n) is 2.76. The number of ether oxygens (including phenoxy) is 1. The lowest BCUT2D eigenvalue weighted by Crippen LogP contribution is -2.17. The molecule has 0 aliphatic heterocycles. The number of hydrogen-bond acceptors (Lipinski definition) is 4. The summed E-state index contributed by atoms with van der Waals surface area (Å²) in [6, 6.07) is 11.5. The molecule has 1 saturated carbocycles. The number of amides is 1. The van der Waals surface area contributed by atoms with Crippen molar-refractivity contribution >= 4 is 27.3 Å². The molecule has 0 heterocycles. The first-order chi connectivity index (χ1) is 12.3. The summed E-state index contributed by atoms with van der Waals surface area (Å²) >= 11 is 0. The largest absolute Gasteiger partial charge is 0.497 e. The van der Waals surface area contributed by atoms with E-state index in [0.717, 1.165) is 6.42 Å². The molecule has 2 unspecified atom stereocenters. The number of sulfonamides is 1. The first kappa shape index (κ1) is 18.3. The van der Waals surface area contributed by atoms with Crippen molar-refractivity contribution in [2.24, 2.45) is 11.8 Å². The van der Waals surface area contributed by atoms with Gasteiger partial charge in [-0.25, -0.2) is 8.42 Å². The van der Waals surface area contributed by atoms with Crippen molar-refractivity contribution in [3.8, 4) is 5.75 Å². The number of aryl methyl sites for hydroxylation is 1. The van der Waals surface area contributed by atoms with Crippen LogP contribution in [0.3, 0.4) is 0 Å². The van der Waals surface area contributed by atoms with Gasteiger partial charge in [0.15, 0.2) is 0 Å². The fourth-order valence-corrected chi connectivity index (χ4v) is 4.09. The van der Waals surface area contributed by atoms with E-state index in [1.54, 1.807) is 50.4 Å². The summed E-state index contributed by atoms with van der Waals surface area (Å²) in [7, 11) is -2.23. The van der Waals surface area contributed by atoms with Crippen molar-refractivity contribution in [1.82, 2.24) is 0 Å². The van der Waals surface area contributed by atoms with Crippen molar-refractivity contribution < 1.29 is 17.9 Å². The number of methoxy groups -OCH3 is 1. The van der Waals surface area contributed by atoms with Gasteiger partial charge in [0.05, 0.1) is 12.0 Å². The summed E-state index contributed by atoms with van der Waals surface area (Å²) in [6.45, 7) is 3.74. The van der Waals surface area contributed by atoms with Crippen LogP contribution in [0.4, 0.5) is 11.4 Å². The molecule has 0 bridgehead atoms. The molecule has 0 spiro atoms. The quantitative estimate of drug-likeness (QED) is 0.812. The van der Waals surface area contributed by atoms with E-state index in [4.69, 9.17) is 4.74 Å². The van der Waals surface area contributed by atoms with E-state index in [-0.39, 0.29) is 16.7 Å². The van der Waals surface area contributed by atoms with Crippen LogP contribution in [0.1, 0.15) is 18.9 Å². The molecule has 2 N–H and O–H groups in total. The van der Waals surface area contributed by atoms with E-state index in [1.807, 2.05) is 6.92 Å². The standard InChI is InChI=1S/C19H22N2O4S/c1-12-4-5-15(20-19(22)17-10-13(17)2)11-18(12)26(23,24)21-14-6-8-16(25-3)9-7-14/h4-9,11,13,17,21H,10H2,1-3H3,(H,20,22). The van der Waals surface area contributed by atoms with E-state index in [0.29, 0.717) is 28.6 Å². The molecule has 138 valence electrons. The minimum absolute atomic E-state index is 0.0220. The first-order valence-electron chi connectivity index (χ1n) is 8.38. The van der Waals surface area contributed by atoms with Crippen LogP contribution in [-0.4, -0.2) is 21.4 Å². The minimum atomic E-state index is -3.78. The third-order valence-corrected chi connectivity index (χ3v) is 6.06. The van der Waals surface area contributed by atoms with Crippen molar-refractivity contribution in [3.63, 3.8) is 0 Å². The zero-order valence-electron chi connectivity index (χ0n) is 14.9. The third kappa shape index (κ3) is 3.99. The van der Waals surface area contributed by atoms with Crippen LogP contribution < -0.4 is 14.8 Å². The molecule has 6 nitrogen and oxygen atoms in total. The predicted molar refractivity (Wildman–Crippen MR) is 101 cm³/mol. The van der Waals surface area contributed by atoms with Crippen LogP contribution in [0.2, 0.25) is 0 Å². The van der Waals surface area contributed by atoms with Crippen molar-refractivity contribution in [2.45, 2.75) is 25.2 Å². The van der Waals surface area contributed by atoms with Gasteiger partial charge in [-0.3, -0.25) is 9.52 Å². The Morgan fingerprint density at radius 1 is 1.12 bits per heavy atom. The van der Waals surface area contributed by atoms with Gasteiger partial charge in [-0.1, -0.05) is 13.0 Å². The Bertz CT molecular complexity index is 923. The molecule has 0 aromatic heterocycles. The van der Waals surface area contributed by atoms with Crippen molar-refractivity contribution in [1.29, 1.82) is 0 Å². The van der Waals surface area contributed by atoms with Crippen LogP contribution >= 0.6 is 0 Å². The molecule has 0 radical (unpaired) electrons. The number of hydrogen-bond donors (Lipinski definition) is 2. The summed E-state index contributed by atoms with van der Waals surface area (Å²) in [4.78, 5) is 12.2. The Hall–Kier alpha value is -2.54. The highest BCUT2D eigenvalue weighted by molar-refractivity contribution is 7.92. The van der Waals surface area contributed by atoms with Gasteiger partial charge in [-0.2, -0.15) is 0 Å². The van der Waals surface area contributed by atoms with Crippen LogP contribution in [0.15, 0.2) is 47.4 Å². The molecule has 1 aliphatic carbocycles. The van der Waals surface area contributed by atoms with Gasteiger partial charge in [0.1, 0.15) is 5.75 Å². The average molecular weight is 374 g/mol. The summed E-state index contributed by atoms with van der Waals surface area (Å²) in [5, 5.41) is 2.81. The molecule has 1 aliphatic rings. The summed E-state index contributed by atoms with van der Waals surface area (Å²) < 4.78 is 33.1. The smallest absolute Gasteiger partial charge is 0.262 e. The van der Waals surface area contributed by atoms with Gasteiger partial charge in [-0.15, -0.1) is 0 Å². The molecule has 1 fully saturated rings. The Morgan fingerprint density at radius 2 is 1.73 bits per heavy atom. The molecule has 2 atom stereocenters. The van der Waals surface area contributed by atoms with Gasteiger partial charge < -0.3 is 10.1 Å². The Kier molecular flexibility index (Phi) is 4.91. The second-order valence-corrected chi connectivity index (χ2v) is 8.27. The van der Waals surface area contributed by atoms with E-state index >= 15 is 0 Å². The Labute approximate surface area is 153 Å². The summed E-state index contributed by atoms with van der Waals surface area (Å²) in [5.74, 6) is 0.991. The molecule has 7 heteroatoms. The van der Waals surface area contributed by atoms with E-state index in [1.165, 1.54) is 6.07 Å². The topological polar surface area (TPSA) is 84.5 Å². The number of carbonyl (C=O) groups is 1. The number of carbonyl (C=O) groups excluding carboxylic acids is 1. The second kappa shape index (κ2) is 6.99. The van der Waals surface area contributed by atoms with Crippen LogP contribution in [0.5, 0.6) is 5.75 Å². The van der Waals surface area contributed by atoms with Crippen molar-refractivity contribution in [2.75, 3.05) is 17.1 Å². The lowest BCUT2D eigenvalue weighted by Gasteiger charge is -2.13. The summed E-state index contributed by atoms with van der Waals surface area (Å²) in [5.41, 5.74) is 1.52. The number of anilines is 2. The van der Waals surface area contributed by atoms with Crippen LogP contribution in [-0.2, 0) is 14.8 Å². The van der Waals surface area contributed by atoms with Crippen molar-refractivity contribution in [3.05, 3.63) is 48.0 Å². The zero-order chi connectivity index (χ0) is 18.9. The van der Waals surface area contributed by atoms with Gasteiger partial charge in [0, 0.05) is 17.3 Å².